The lowest BCUT2D eigenvalue weighted by molar-refractivity contribution is 0.115. The number of alkyl halides is 2. The van der Waals surface area contributed by atoms with E-state index in [0.29, 0.717) is 11.3 Å². The van der Waals surface area contributed by atoms with Gasteiger partial charge < -0.3 is 10.5 Å². The maximum Gasteiger partial charge on any atom is 0.246 e. The maximum atomic E-state index is 12.7. The van der Waals surface area contributed by atoms with Crippen molar-refractivity contribution >= 4 is 0 Å². The third-order valence-electron chi connectivity index (χ3n) is 2.43. The molecule has 0 aliphatic rings. The van der Waals surface area contributed by atoms with Crippen LogP contribution in [0.5, 0.6) is 5.75 Å². The lowest BCUT2D eigenvalue weighted by Gasteiger charge is -2.19. The van der Waals surface area contributed by atoms with Gasteiger partial charge in [-0.3, -0.25) is 0 Å². The molecule has 0 spiro atoms. The fraction of sp³-hybridized carbons (Fsp3) is 0.455. The predicted molar refractivity (Wildman–Crippen MR) is 55.5 cm³/mol. The number of hydrogen-bond donors (Lipinski definition) is 1. The minimum atomic E-state index is -2.47. The number of ether oxygens (including phenoxy) is 1. The van der Waals surface area contributed by atoms with Crippen LogP contribution in [0.4, 0.5) is 8.78 Å². The first kappa shape index (κ1) is 11.9. The van der Waals surface area contributed by atoms with Crippen LogP contribution in [0.15, 0.2) is 18.2 Å². The van der Waals surface area contributed by atoms with Crippen molar-refractivity contribution < 1.29 is 13.5 Å². The Morgan fingerprint density at radius 2 is 2.07 bits per heavy atom. The van der Waals surface area contributed by atoms with E-state index in [1.165, 1.54) is 7.11 Å². The van der Waals surface area contributed by atoms with Crippen molar-refractivity contribution in [2.45, 2.75) is 19.3 Å². The molecule has 0 radical (unpaired) electrons. The van der Waals surface area contributed by atoms with Crippen molar-refractivity contribution in [3.8, 4) is 5.75 Å². The summed E-state index contributed by atoms with van der Waals surface area (Å²) < 4.78 is 30.6. The third kappa shape index (κ3) is 2.45. The zero-order chi connectivity index (χ0) is 11.4. The van der Waals surface area contributed by atoms with Gasteiger partial charge in [0.2, 0.25) is 6.43 Å². The first-order chi connectivity index (χ1) is 7.11. The molecule has 1 aromatic carbocycles. The first-order valence-electron chi connectivity index (χ1n) is 4.73. The van der Waals surface area contributed by atoms with E-state index in [0.717, 1.165) is 5.56 Å². The van der Waals surface area contributed by atoms with Crippen LogP contribution in [0.2, 0.25) is 0 Å². The summed E-state index contributed by atoms with van der Waals surface area (Å²) in [4.78, 5) is 0. The third-order valence-corrected chi connectivity index (χ3v) is 2.43. The standard InChI is InChI=1S/C11H15F2NO/c1-7-4-3-5-9(15-2)10(7)8(6-14)11(12)13/h3-5,8,11H,6,14H2,1-2H3. The average Bonchev–Trinajstić information content (AvgIpc) is 2.21. The molecule has 84 valence electrons. The molecule has 0 fully saturated rings. The fourth-order valence-corrected chi connectivity index (χ4v) is 1.65. The van der Waals surface area contributed by atoms with Crippen LogP contribution in [-0.4, -0.2) is 20.1 Å². The van der Waals surface area contributed by atoms with Crippen LogP contribution in [-0.2, 0) is 0 Å². The van der Waals surface area contributed by atoms with Crippen LogP contribution in [0.25, 0.3) is 0 Å². The highest BCUT2D eigenvalue weighted by Crippen LogP contribution is 2.32. The van der Waals surface area contributed by atoms with Crippen molar-refractivity contribution in [2.24, 2.45) is 5.73 Å². The topological polar surface area (TPSA) is 35.2 Å². The number of aryl methyl sites for hydroxylation is 1. The first-order valence-corrected chi connectivity index (χ1v) is 4.73. The summed E-state index contributed by atoms with van der Waals surface area (Å²) in [5, 5.41) is 0. The molecule has 0 heterocycles. The SMILES string of the molecule is COc1cccc(C)c1C(CN)C(F)F. The Labute approximate surface area is 88.0 Å². The Hall–Kier alpha value is -1.16. The van der Waals surface area contributed by atoms with Gasteiger partial charge in [0, 0.05) is 12.1 Å². The summed E-state index contributed by atoms with van der Waals surface area (Å²) in [6.07, 6.45) is -2.47. The molecular weight excluding hydrogens is 200 g/mol. The highest BCUT2D eigenvalue weighted by atomic mass is 19.3. The fourth-order valence-electron chi connectivity index (χ4n) is 1.65. The Balaban J connectivity index is 3.20. The van der Waals surface area contributed by atoms with Crippen molar-refractivity contribution in [1.29, 1.82) is 0 Å². The molecule has 0 aliphatic heterocycles. The molecule has 15 heavy (non-hydrogen) atoms. The van der Waals surface area contributed by atoms with E-state index in [4.69, 9.17) is 10.5 Å². The molecule has 0 saturated heterocycles. The quantitative estimate of drug-likeness (QED) is 0.836. The molecule has 2 N–H and O–H groups in total. The van der Waals surface area contributed by atoms with Crippen LogP contribution in [0.3, 0.4) is 0 Å². The highest BCUT2D eigenvalue weighted by molar-refractivity contribution is 5.42. The number of benzene rings is 1. The summed E-state index contributed by atoms with van der Waals surface area (Å²) in [6.45, 7) is 1.70. The number of nitrogens with two attached hydrogens (primary N) is 1. The van der Waals surface area contributed by atoms with Gasteiger partial charge in [0.1, 0.15) is 5.75 Å². The minimum absolute atomic E-state index is 0.0844. The number of hydrogen-bond acceptors (Lipinski definition) is 2. The number of methoxy groups -OCH3 is 1. The van der Waals surface area contributed by atoms with E-state index in [1.807, 2.05) is 0 Å². The van der Waals surface area contributed by atoms with Crippen LogP contribution >= 0.6 is 0 Å². The van der Waals surface area contributed by atoms with Gasteiger partial charge >= 0.3 is 0 Å². The van der Waals surface area contributed by atoms with Gasteiger partial charge in [0.05, 0.1) is 13.0 Å². The van der Waals surface area contributed by atoms with Crippen LogP contribution in [0.1, 0.15) is 17.0 Å². The van der Waals surface area contributed by atoms with E-state index in [9.17, 15) is 8.78 Å². The van der Waals surface area contributed by atoms with Crippen molar-refractivity contribution in [1.82, 2.24) is 0 Å². The van der Waals surface area contributed by atoms with Crippen LogP contribution in [0, 0.1) is 6.92 Å². The summed E-state index contributed by atoms with van der Waals surface area (Å²) >= 11 is 0. The zero-order valence-electron chi connectivity index (χ0n) is 8.84. The van der Waals surface area contributed by atoms with E-state index in [1.54, 1.807) is 25.1 Å². The van der Waals surface area contributed by atoms with Crippen molar-refractivity contribution in [2.75, 3.05) is 13.7 Å². The number of rotatable bonds is 4. The molecule has 1 unspecified atom stereocenters. The van der Waals surface area contributed by atoms with E-state index in [2.05, 4.69) is 0 Å². The van der Waals surface area contributed by atoms with Crippen molar-refractivity contribution in [3.05, 3.63) is 29.3 Å². The van der Waals surface area contributed by atoms with E-state index >= 15 is 0 Å². The van der Waals surface area contributed by atoms with Crippen molar-refractivity contribution in [3.63, 3.8) is 0 Å². The van der Waals surface area contributed by atoms with Crippen LogP contribution < -0.4 is 10.5 Å². The second-order valence-electron chi connectivity index (χ2n) is 3.37. The molecule has 1 atom stereocenters. The average molecular weight is 215 g/mol. The molecule has 0 bridgehead atoms. The normalized spacial score (nSPS) is 12.9. The zero-order valence-corrected chi connectivity index (χ0v) is 8.84. The second kappa shape index (κ2) is 5.07. The van der Waals surface area contributed by atoms with Gasteiger partial charge in [-0.15, -0.1) is 0 Å². The molecule has 0 aliphatic carbocycles. The molecule has 0 saturated carbocycles. The maximum absolute atomic E-state index is 12.7. The minimum Gasteiger partial charge on any atom is -0.496 e. The lowest BCUT2D eigenvalue weighted by atomic mass is 9.94. The highest BCUT2D eigenvalue weighted by Gasteiger charge is 2.25. The molecule has 1 aromatic rings. The lowest BCUT2D eigenvalue weighted by Crippen LogP contribution is -2.21. The molecule has 0 aromatic heterocycles. The number of halogens is 2. The summed E-state index contributed by atoms with van der Waals surface area (Å²) in [5.74, 6) is -0.480. The van der Waals surface area contributed by atoms with E-state index < -0.39 is 12.3 Å². The monoisotopic (exact) mass is 215 g/mol. The Morgan fingerprint density at radius 3 is 2.53 bits per heavy atom. The molecule has 2 nitrogen and oxygen atoms in total. The van der Waals surface area contributed by atoms with Gasteiger partial charge in [-0.1, -0.05) is 12.1 Å². The summed E-state index contributed by atoms with van der Waals surface area (Å²) in [5.41, 5.74) is 6.66. The molecule has 4 heteroatoms. The Kier molecular flexibility index (Phi) is 4.03. The van der Waals surface area contributed by atoms with Gasteiger partial charge in [-0.25, -0.2) is 8.78 Å². The summed E-state index contributed by atoms with van der Waals surface area (Å²) in [7, 11) is 1.47. The van der Waals surface area contributed by atoms with Gasteiger partial charge in [-0.2, -0.15) is 0 Å². The molecular formula is C11H15F2NO. The van der Waals surface area contributed by atoms with E-state index in [-0.39, 0.29) is 6.54 Å². The molecule has 0 amide bonds. The largest absolute Gasteiger partial charge is 0.496 e. The summed E-state index contributed by atoms with van der Waals surface area (Å²) in [6, 6.07) is 5.23. The van der Waals surface area contributed by atoms with Gasteiger partial charge in [0.15, 0.2) is 0 Å². The second-order valence-corrected chi connectivity index (χ2v) is 3.37. The molecule has 1 rings (SSSR count). The predicted octanol–water partition coefficient (Wildman–Crippen LogP) is 2.31. The van der Waals surface area contributed by atoms with Gasteiger partial charge in [-0.05, 0) is 18.6 Å². The Bertz CT molecular complexity index is 328. The van der Waals surface area contributed by atoms with Gasteiger partial charge in [0.25, 0.3) is 0 Å². The smallest absolute Gasteiger partial charge is 0.246 e. The Morgan fingerprint density at radius 1 is 1.40 bits per heavy atom.